The van der Waals surface area contributed by atoms with Gasteiger partial charge in [-0.2, -0.15) is 0 Å². The Morgan fingerprint density at radius 1 is 0.750 bits per heavy atom. The Balaban J connectivity index is 4.93. The molecule has 0 rings (SSSR count). The van der Waals surface area contributed by atoms with Crippen LogP contribution >= 0.6 is 33.2 Å². The van der Waals surface area contributed by atoms with E-state index < -0.39 is 31.7 Å². The van der Waals surface area contributed by atoms with Gasteiger partial charge in [0, 0.05) is 0 Å². The summed E-state index contributed by atoms with van der Waals surface area (Å²) in [5, 5.41) is 0. The van der Waals surface area contributed by atoms with Crippen molar-refractivity contribution in [1.29, 1.82) is 0 Å². The number of halogens is 3. The van der Waals surface area contributed by atoms with Crippen LogP contribution in [-0.2, 0) is 12.3 Å². The molecule has 0 aromatic heterocycles. The van der Waals surface area contributed by atoms with Gasteiger partial charge in [0.05, 0.1) is 0 Å². The predicted molar refractivity (Wildman–Crippen MR) is 117 cm³/mol. The summed E-state index contributed by atoms with van der Waals surface area (Å²) >= 11 is 19.6. The van der Waals surface area contributed by atoms with E-state index in [-0.39, 0.29) is 0 Å². The Labute approximate surface area is 167 Å². The van der Waals surface area contributed by atoms with E-state index in [1.54, 1.807) is 0 Å². The normalized spacial score (nSPS) is 17.0. The zero-order valence-electron chi connectivity index (χ0n) is 16.6. The molecule has 0 aliphatic carbocycles. The monoisotopic (exact) mass is 468 g/mol. The molecule has 0 bridgehead atoms. The third kappa shape index (κ3) is 11.4. The van der Waals surface area contributed by atoms with Crippen molar-refractivity contribution < 1.29 is 12.3 Å². The van der Waals surface area contributed by atoms with Crippen molar-refractivity contribution in [2.45, 2.75) is 78.9 Å². The van der Waals surface area contributed by atoms with Gasteiger partial charge in [0.1, 0.15) is 0 Å². The van der Waals surface area contributed by atoms with Crippen LogP contribution < -0.4 is 0 Å². The molecule has 0 radical (unpaired) electrons. The van der Waals surface area contributed by atoms with Crippen molar-refractivity contribution in [3.05, 3.63) is 0 Å². The average molecular weight is 470 g/mol. The first-order valence-corrected chi connectivity index (χ1v) is 22.4. The van der Waals surface area contributed by atoms with Gasteiger partial charge in [-0.3, -0.25) is 0 Å². The summed E-state index contributed by atoms with van der Waals surface area (Å²) < 4.78 is 18.5. The molecule has 0 heterocycles. The minimum Gasteiger partial charge on any atom is -0.425 e. The van der Waals surface area contributed by atoms with Crippen molar-refractivity contribution in [2.24, 2.45) is 11.8 Å². The molecule has 146 valence electrons. The van der Waals surface area contributed by atoms with E-state index >= 15 is 0 Å². The van der Waals surface area contributed by atoms with E-state index in [0.717, 1.165) is 18.9 Å². The van der Waals surface area contributed by atoms with Crippen LogP contribution in [0.15, 0.2) is 0 Å². The van der Waals surface area contributed by atoms with Gasteiger partial charge >= 0.3 is 24.1 Å². The third-order valence-electron chi connectivity index (χ3n) is 3.85. The van der Waals surface area contributed by atoms with E-state index in [0.29, 0.717) is 11.8 Å². The largest absolute Gasteiger partial charge is 0.425 e. The second kappa shape index (κ2) is 9.70. The molecule has 0 N–H and O–H groups in total. The molecule has 0 aromatic carbocycles. The lowest BCUT2D eigenvalue weighted by Gasteiger charge is -2.39. The summed E-state index contributed by atoms with van der Waals surface area (Å²) in [7, 11) is -7.06. The fraction of sp³-hybridized carbons (Fsp3) is 1.00. The molecular weight excluding hydrogens is 435 g/mol. The van der Waals surface area contributed by atoms with Gasteiger partial charge in [-0.15, -0.1) is 33.2 Å². The fourth-order valence-electron chi connectivity index (χ4n) is 3.01. The Kier molecular flexibility index (Phi) is 10.4. The Hall–Kier alpha value is 1.62. The van der Waals surface area contributed by atoms with Crippen LogP contribution in [0.4, 0.5) is 0 Å². The summed E-state index contributed by atoms with van der Waals surface area (Å²) in [6, 6.07) is 0.736. The van der Waals surface area contributed by atoms with Gasteiger partial charge < -0.3 is 12.3 Å². The molecule has 24 heavy (non-hydrogen) atoms. The van der Waals surface area contributed by atoms with Crippen molar-refractivity contribution in [1.82, 2.24) is 0 Å². The van der Waals surface area contributed by atoms with Crippen LogP contribution in [0.25, 0.3) is 0 Å². The lowest BCUT2D eigenvalue weighted by Crippen LogP contribution is -2.55. The van der Waals surface area contributed by atoms with E-state index in [4.69, 9.17) is 45.6 Å². The van der Waals surface area contributed by atoms with Crippen LogP contribution in [0.2, 0.25) is 45.3 Å². The third-order valence-corrected chi connectivity index (χ3v) is 18.9. The van der Waals surface area contributed by atoms with E-state index in [9.17, 15) is 0 Å². The molecule has 0 spiro atoms. The molecule has 10 heteroatoms. The Morgan fingerprint density at radius 3 is 1.58 bits per heavy atom. The standard InChI is InChI=1S/C14H35Cl3O3Si4/c1-10-13(3)14(11-2)12-24(16,17)20-23(8,9)19-22(6,7)18-21(4,5)15/h13-14H,10-12H2,1-9H3. The lowest BCUT2D eigenvalue weighted by atomic mass is 9.91. The zero-order chi connectivity index (χ0) is 19.4. The first-order chi connectivity index (χ1) is 10.5. The van der Waals surface area contributed by atoms with Crippen LogP contribution in [0, 0.1) is 11.8 Å². The first kappa shape index (κ1) is 25.6. The highest BCUT2D eigenvalue weighted by Gasteiger charge is 2.46. The smallest absolute Gasteiger partial charge is 0.381 e. The minimum absolute atomic E-state index is 0.483. The predicted octanol–water partition coefficient (Wildman–Crippen LogP) is 6.87. The highest BCUT2D eigenvalue weighted by Crippen LogP contribution is 2.36. The number of hydrogen-bond donors (Lipinski definition) is 0. The highest BCUT2D eigenvalue weighted by molar-refractivity contribution is 7.43. The molecule has 2 atom stereocenters. The zero-order valence-corrected chi connectivity index (χ0v) is 22.9. The van der Waals surface area contributed by atoms with Gasteiger partial charge in [0.2, 0.25) is 0 Å². The minimum atomic E-state index is -2.83. The molecular formula is C14H35Cl3O3Si4. The van der Waals surface area contributed by atoms with Crippen molar-refractivity contribution in [2.75, 3.05) is 0 Å². The van der Waals surface area contributed by atoms with E-state index in [1.807, 2.05) is 39.3 Å². The molecule has 2 unspecified atom stereocenters. The quantitative estimate of drug-likeness (QED) is 0.244. The van der Waals surface area contributed by atoms with Gasteiger partial charge in [0.15, 0.2) is 0 Å². The molecule has 0 saturated heterocycles. The van der Waals surface area contributed by atoms with Gasteiger partial charge in [-0.05, 0) is 57.2 Å². The molecule has 0 amide bonds. The van der Waals surface area contributed by atoms with E-state index in [1.165, 1.54) is 0 Å². The van der Waals surface area contributed by atoms with Crippen LogP contribution in [0.5, 0.6) is 0 Å². The second-order valence-electron chi connectivity index (χ2n) is 7.86. The summed E-state index contributed by atoms with van der Waals surface area (Å²) in [6.45, 7) is 15.7. The molecule has 0 aromatic rings. The van der Waals surface area contributed by atoms with Crippen LogP contribution in [-0.4, -0.2) is 31.7 Å². The summed E-state index contributed by atoms with van der Waals surface area (Å²) in [5.41, 5.74) is 0. The van der Waals surface area contributed by atoms with Crippen LogP contribution in [0.3, 0.4) is 0 Å². The van der Waals surface area contributed by atoms with E-state index in [2.05, 4.69) is 20.8 Å². The SMILES string of the molecule is CCC(C)C(CC)C[Si](Cl)(Cl)O[Si](C)(C)O[Si](C)(C)O[Si](C)(C)Cl. The molecule has 0 fully saturated rings. The fourth-order valence-corrected chi connectivity index (χ4v) is 24.2. The maximum absolute atomic E-state index is 6.65. The summed E-state index contributed by atoms with van der Waals surface area (Å²) in [6.07, 6.45) is 2.18. The highest BCUT2D eigenvalue weighted by atomic mass is 35.7. The van der Waals surface area contributed by atoms with Gasteiger partial charge in [0.25, 0.3) is 7.63 Å². The summed E-state index contributed by atoms with van der Waals surface area (Å²) in [4.78, 5) is 0. The maximum Gasteiger partial charge on any atom is 0.381 e. The van der Waals surface area contributed by atoms with Crippen LogP contribution in [0.1, 0.15) is 33.6 Å². The summed E-state index contributed by atoms with van der Waals surface area (Å²) in [5.74, 6) is 1.07. The average Bonchev–Trinajstić information content (AvgIpc) is 2.28. The molecule has 0 aliphatic rings. The second-order valence-corrected chi connectivity index (χ2v) is 27.3. The van der Waals surface area contributed by atoms with Crippen molar-refractivity contribution in [3.63, 3.8) is 0 Å². The maximum atomic E-state index is 6.65. The van der Waals surface area contributed by atoms with Gasteiger partial charge in [-0.25, -0.2) is 0 Å². The first-order valence-electron chi connectivity index (χ1n) is 8.69. The Bertz CT molecular complexity index is 390. The van der Waals surface area contributed by atoms with Gasteiger partial charge in [-0.1, -0.05) is 33.6 Å². The lowest BCUT2D eigenvalue weighted by molar-refractivity contribution is 0.325. The number of hydrogen-bond acceptors (Lipinski definition) is 3. The van der Waals surface area contributed by atoms with Crippen molar-refractivity contribution >= 4 is 64.9 Å². The van der Waals surface area contributed by atoms with Crippen molar-refractivity contribution in [3.8, 4) is 0 Å². The molecule has 0 saturated carbocycles. The molecule has 3 nitrogen and oxygen atoms in total. The molecule has 0 aliphatic heterocycles. The topological polar surface area (TPSA) is 27.7 Å². The number of rotatable bonds is 11. The Morgan fingerprint density at radius 2 is 1.21 bits per heavy atom.